The molecular formula is C30H25F6N5O3. The first kappa shape index (κ1) is 30.7. The van der Waals surface area contributed by atoms with E-state index in [1.165, 1.54) is 31.3 Å². The monoisotopic (exact) mass is 617 g/mol. The number of aliphatic hydroxyl groups excluding tert-OH is 1. The molecule has 230 valence electrons. The fourth-order valence-corrected chi connectivity index (χ4v) is 5.60. The highest BCUT2D eigenvalue weighted by molar-refractivity contribution is 5.94. The van der Waals surface area contributed by atoms with Crippen molar-refractivity contribution in [2.24, 2.45) is 5.73 Å². The number of benzene rings is 2. The number of hydrogen-bond donors (Lipinski definition) is 3. The molecule has 2 aromatic carbocycles. The van der Waals surface area contributed by atoms with Crippen LogP contribution in [0.5, 0.6) is 0 Å². The Labute approximate surface area is 246 Å². The van der Waals surface area contributed by atoms with Crippen LogP contribution in [-0.2, 0) is 23.9 Å². The molecule has 1 aliphatic carbocycles. The number of primary amides is 1. The first-order valence-corrected chi connectivity index (χ1v) is 13.4. The SMILES string of the molecule is C[C@@H]1C[C@H](O)c2c1c(C(F)(F)F)nn2CC(=O)N[C@@H](Cc1cc(F)cc(F)c1)c1ncccc1-c1ccc(F)c(C(N)=O)c1. The van der Waals surface area contributed by atoms with Gasteiger partial charge in [0.1, 0.15) is 24.0 Å². The third-order valence-electron chi connectivity index (χ3n) is 7.39. The van der Waals surface area contributed by atoms with Crippen LogP contribution in [0.15, 0.2) is 54.7 Å². The predicted octanol–water partition coefficient (Wildman–Crippen LogP) is 5.12. The third-order valence-corrected chi connectivity index (χ3v) is 7.39. The number of nitrogens with two attached hydrogens (primary N) is 1. The van der Waals surface area contributed by atoms with E-state index in [4.69, 9.17) is 5.73 Å². The van der Waals surface area contributed by atoms with Crippen LogP contribution in [0.4, 0.5) is 26.3 Å². The van der Waals surface area contributed by atoms with Gasteiger partial charge in [0.25, 0.3) is 5.91 Å². The van der Waals surface area contributed by atoms with E-state index < -0.39 is 71.3 Å². The highest BCUT2D eigenvalue weighted by Gasteiger charge is 2.45. The summed E-state index contributed by atoms with van der Waals surface area (Å²) in [5, 5.41) is 16.7. The number of aromatic nitrogens is 3. The van der Waals surface area contributed by atoms with Gasteiger partial charge >= 0.3 is 6.18 Å². The van der Waals surface area contributed by atoms with Gasteiger partial charge in [0.2, 0.25) is 5.91 Å². The summed E-state index contributed by atoms with van der Waals surface area (Å²) in [7, 11) is 0. The number of fused-ring (bicyclic) bond motifs is 1. The Morgan fingerprint density at radius 3 is 2.48 bits per heavy atom. The second kappa shape index (κ2) is 11.8. The van der Waals surface area contributed by atoms with Gasteiger partial charge in [-0.25, -0.2) is 13.2 Å². The Hall–Kier alpha value is -4.72. The smallest absolute Gasteiger partial charge is 0.387 e. The van der Waals surface area contributed by atoms with Gasteiger partial charge in [-0.2, -0.15) is 18.3 Å². The Morgan fingerprint density at radius 1 is 1.11 bits per heavy atom. The molecule has 3 atom stereocenters. The lowest BCUT2D eigenvalue weighted by Crippen LogP contribution is -2.34. The summed E-state index contributed by atoms with van der Waals surface area (Å²) in [5.41, 5.74) is 4.24. The molecule has 2 amide bonds. The predicted molar refractivity (Wildman–Crippen MR) is 144 cm³/mol. The number of nitrogens with zero attached hydrogens (tertiary/aromatic N) is 3. The number of hydrogen-bond acceptors (Lipinski definition) is 5. The second-order valence-electron chi connectivity index (χ2n) is 10.6. The molecule has 0 aliphatic heterocycles. The number of amides is 2. The maximum atomic E-state index is 14.2. The average molecular weight is 618 g/mol. The number of alkyl halides is 3. The molecule has 8 nitrogen and oxygen atoms in total. The van der Waals surface area contributed by atoms with Crippen molar-refractivity contribution in [2.45, 2.75) is 50.6 Å². The molecule has 5 rings (SSSR count). The molecule has 0 unspecified atom stereocenters. The lowest BCUT2D eigenvalue weighted by Gasteiger charge is -2.22. The summed E-state index contributed by atoms with van der Waals surface area (Å²) in [4.78, 5) is 29.5. The Bertz CT molecular complexity index is 1740. The molecule has 0 saturated heterocycles. The molecular weight excluding hydrogens is 592 g/mol. The van der Waals surface area contributed by atoms with E-state index in [1.54, 1.807) is 6.07 Å². The van der Waals surface area contributed by atoms with Crippen LogP contribution in [0.25, 0.3) is 11.1 Å². The van der Waals surface area contributed by atoms with Gasteiger partial charge in [-0.05, 0) is 60.2 Å². The van der Waals surface area contributed by atoms with Gasteiger partial charge in [-0.15, -0.1) is 0 Å². The van der Waals surface area contributed by atoms with E-state index in [-0.39, 0.29) is 40.9 Å². The summed E-state index contributed by atoms with van der Waals surface area (Å²) >= 11 is 0. The van der Waals surface area contributed by atoms with E-state index >= 15 is 0 Å². The first-order valence-electron chi connectivity index (χ1n) is 13.4. The molecule has 0 spiro atoms. The zero-order valence-electron chi connectivity index (χ0n) is 23.0. The van der Waals surface area contributed by atoms with Crippen molar-refractivity contribution in [3.05, 3.63) is 106 Å². The topological polar surface area (TPSA) is 123 Å². The quantitative estimate of drug-likeness (QED) is 0.237. The normalized spacial score (nSPS) is 16.9. The van der Waals surface area contributed by atoms with Crippen LogP contribution < -0.4 is 11.1 Å². The maximum absolute atomic E-state index is 14.2. The molecule has 14 heteroatoms. The fourth-order valence-electron chi connectivity index (χ4n) is 5.60. The fraction of sp³-hybridized carbons (Fsp3) is 0.267. The van der Waals surface area contributed by atoms with Crippen molar-refractivity contribution in [1.82, 2.24) is 20.1 Å². The van der Waals surface area contributed by atoms with Crippen molar-refractivity contribution in [3.63, 3.8) is 0 Å². The van der Waals surface area contributed by atoms with Gasteiger partial charge in [-0.1, -0.05) is 19.1 Å². The number of halogens is 6. The number of carbonyl (C=O) groups excluding carboxylic acids is 2. The van der Waals surface area contributed by atoms with Crippen molar-refractivity contribution in [2.75, 3.05) is 0 Å². The molecule has 4 aromatic rings. The maximum Gasteiger partial charge on any atom is 0.435 e. The Morgan fingerprint density at radius 2 is 1.82 bits per heavy atom. The first-order chi connectivity index (χ1) is 20.7. The zero-order valence-corrected chi connectivity index (χ0v) is 23.0. The summed E-state index contributed by atoms with van der Waals surface area (Å²) in [6, 6.07) is 8.26. The van der Waals surface area contributed by atoms with Crippen molar-refractivity contribution in [1.29, 1.82) is 0 Å². The zero-order chi connectivity index (χ0) is 31.9. The molecule has 1 aliphatic rings. The van der Waals surface area contributed by atoms with E-state index in [0.717, 1.165) is 22.9 Å². The number of carbonyl (C=O) groups is 2. The van der Waals surface area contributed by atoms with Gasteiger partial charge in [-0.3, -0.25) is 19.3 Å². The van der Waals surface area contributed by atoms with Crippen LogP contribution in [0.1, 0.15) is 70.0 Å². The van der Waals surface area contributed by atoms with E-state index in [1.807, 2.05) is 0 Å². The van der Waals surface area contributed by atoms with Crippen LogP contribution in [0.2, 0.25) is 0 Å². The highest BCUT2D eigenvalue weighted by atomic mass is 19.4. The lowest BCUT2D eigenvalue weighted by atomic mass is 9.94. The van der Waals surface area contributed by atoms with Crippen LogP contribution in [0, 0.1) is 17.5 Å². The molecule has 0 saturated carbocycles. The Kier molecular flexibility index (Phi) is 8.21. The van der Waals surface area contributed by atoms with E-state index in [2.05, 4.69) is 15.4 Å². The van der Waals surface area contributed by atoms with Gasteiger partial charge in [0.05, 0.1) is 29.1 Å². The number of rotatable bonds is 8. The molecule has 0 bridgehead atoms. The molecule has 4 N–H and O–H groups in total. The summed E-state index contributed by atoms with van der Waals surface area (Å²) in [6.45, 7) is 0.799. The molecule has 0 radical (unpaired) electrons. The van der Waals surface area contributed by atoms with E-state index in [0.29, 0.717) is 11.6 Å². The Balaban J connectivity index is 1.54. The largest absolute Gasteiger partial charge is 0.435 e. The number of pyridine rings is 1. The molecule has 2 aromatic heterocycles. The second-order valence-corrected chi connectivity index (χ2v) is 10.6. The van der Waals surface area contributed by atoms with Gasteiger partial charge in [0, 0.05) is 23.4 Å². The minimum absolute atomic E-state index is 0.0217. The van der Waals surface area contributed by atoms with Crippen molar-refractivity contribution >= 4 is 11.8 Å². The third kappa shape index (κ3) is 6.16. The van der Waals surface area contributed by atoms with Crippen LogP contribution in [0.3, 0.4) is 0 Å². The minimum atomic E-state index is -4.82. The van der Waals surface area contributed by atoms with Crippen molar-refractivity contribution in [3.8, 4) is 11.1 Å². The number of nitrogens with one attached hydrogen (secondary N) is 1. The average Bonchev–Trinajstić information content (AvgIpc) is 3.45. The van der Waals surface area contributed by atoms with Gasteiger partial charge < -0.3 is 16.2 Å². The standard InChI is InChI=1S/C30H25F6N5O3/c1-14-7-23(42)27-25(14)28(30(34,35)36)40-41(27)13-24(43)39-22(10-15-8-17(31)12-18(32)9-15)26-19(3-2-6-38-26)16-4-5-21(33)20(11-16)29(37)44/h2-6,8-9,11-12,14,22-23,42H,7,10,13H2,1H3,(H2,37,44)(H,39,43)/t14-,22+,23+/m1/s1. The van der Waals surface area contributed by atoms with Crippen molar-refractivity contribution < 1.29 is 41.0 Å². The summed E-state index contributed by atoms with van der Waals surface area (Å²) < 4.78 is 84.5. The highest BCUT2D eigenvalue weighted by Crippen LogP contribution is 2.46. The molecule has 0 fully saturated rings. The summed E-state index contributed by atoms with van der Waals surface area (Å²) in [6.07, 6.45) is -4.93. The van der Waals surface area contributed by atoms with Crippen LogP contribution in [-0.4, -0.2) is 31.7 Å². The summed E-state index contributed by atoms with van der Waals surface area (Å²) in [5.74, 6) is -5.16. The lowest BCUT2D eigenvalue weighted by molar-refractivity contribution is -0.142. The minimum Gasteiger partial charge on any atom is -0.387 e. The number of aliphatic hydroxyl groups is 1. The molecule has 44 heavy (non-hydrogen) atoms. The van der Waals surface area contributed by atoms with Gasteiger partial charge in [0.15, 0.2) is 5.69 Å². The van der Waals surface area contributed by atoms with Crippen LogP contribution >= 0.6 is 0 Å². The van der Waals surface area contributed by atoms with E-state index in [9.17, 15) is 41.0 Å². The molecule has 2 heterocycles.